The third-order valence-electron chi connectivity index (χ3n) is 3.09. The van der Waals surface area contributed by atoms with Gasteiger partial charge >= 0.3 is 0 Å². The van der Waals surface area contributed by atoms with Crippen molar-refractivity contribution in [1.29, 1.82) is 0 Å². The van der Waals surface area contributed by atoms with E-state index in [0.29, 0.717) is 6.04 Å². The zero-order chi connectivity index (χ0) is 10.5. The molecule has 82 valence electrons. The highest BCUT2D eigenvalue weighted by atomic mass is 16.3. The van der Waals surface area contributed by atoms with Crippen LogP contribution in [0.15, 0.2) is 24.5 Å². The summed E-state index contributed by atoms with van der Waals surface area (Å²) in [5.41, 5.74) is 1.23. The van der Waals surface area contributed by atoms with Gasteiger partial charge < -0.3 is 5.11 Å². The van der Waals surface area contributed by atoms with E-state index in [-0.39, 0.29) is 6.61 Å². The molecular weight excluding hydrogens is 188 g/mol. The summed E-state index contributed by atoms with van der Waals surface area (Å²) in [4.78, 5) is 6.47. The van der Waals surface area contributed by atoms with Crippen molar-refractivity contribution in [3.63, 3.8) is 0 Å². The molecule has 0 spiro atoms. The van der Waals surface area contributed by atoms with Crippen LogP contribution in [0, 0.1) is 0 Å². The maximum absolute atomic E-state index is 9.03. The summed E-state index contributed by atoms with van der Waals surface area (Å²) in [6.45, 7) is 1.94. The number of aromatic nitrogens is 1. The lowest BCUT2D eigenvalue weighted by Crippen LogP contribution is -2.41. The molecule has 3 heteroatoms. The predicted molar refractivity (Wildman–Crippen MR) is 59.4 cm³/mol. The fourth-order valence-electron chi connectivity index (χ4n) is 2.00. The van der Waals surface area contributed by atoms with E-state index < -0.39 is 0 Å². The Morgan fingerprint density at radius 3 is 2.87 bits per heavy atom. The van der Waals surface area contributed by atoms with Crippen LogP contribution in [-0.4, -0.2) is 34.2 Å². The lowest BCUT2D eigenvalue weighted by atomic mass is 9.91. The Bertz CT molecular complexity index is 285. The van der Waals surface area contributed by atoms with Crippen LogP contribution in [0.5, 0.6) is 0 Å². The summed E-state index contributed by atoms with van der Waals surface area (Å²) in [6, 6.07) is 4.74. The van der Waals surface area contributed by atoms with Crippen LogP contribution in [0.1, 0.15) is 24.8 Å². The predicted octanol–water partition coefficient (Wildman–Crippen LogP) is 1.43. The third-order valence-corrected chi connectivity index (χ3v) is 3.09. The molecule has 0 amide bonds. The molecule has 3 nitrogen and oxygen atoms in total. The minimum Gasteiger partial charge on any atom is -0.395 e. The first-order chi connectivity index (χ1) is 7.40. The standard InChI is InChI=1S/C12H18N2O/c15-8-7-14(12-4-1-5-12)10-11-3-2-6-13-9-11/h2-3,6,9,12,15H,1,4-5,7-8,10H2. The Hall–Kier alpha value is -0.930. The number of rotatable bonds is 5. The SMILES string of the molecule is OCCN(Cc1cccnc1)C1CCC1. The van der Waals surface area contributed by atoms with E-state index >= 15 is 0 Å². The molecule has 1 N–H and O–H groups in total. The molecule has 0 aliphatic heterocycles. The van der Waals surface area contributed by atoms with Crippen LogP contribution in [0.3, 0.4) is 0 Å². The van der Waals surface area contributed by atoms with Gasteiger partial charge in [0.1, 0.15) is 0 Å². The summed E-state index contributed by atoms with van der Waals surface area (Å²) in [6.07, 6.45) is 7.59. The summed E-state index contributed by atoms with van der Waals surface area (Å²) in [5, 5.41) is 9.03. The Balaban J connectivity index is 1.93. The Kier molecular flexibility index (Phi) is 3.69. The molecule has 0 aromatic carbocycles. The van der Waals surface area contributed by atoms with Gasteiger partial charge in [0.25, 0.3) is 0 Å². The maximum Gasteiger partial charge on any atom is 0.0558 e. The van der Waals surface area contributed by atoms with E-state index in [1.807, 2.05) is 12.3 Å². The second kappa shape index (κ2) is 5.24. The molecule has 0 bridgehead atoms. The quantitative estimate of drug-likeness (QED) is 0.791. The number of hydrogen-bond donors (Lipinski definition) is 1. The van der Waals surface area contributed by atoms with Gasteiger partial charge in [-0.1, -0.05) is 12.5 Å². The normalized spacial score (nSPS) is 16.7. The van der Waals surface area contributed by atoms with Crippen LogP contribution in [0.4, 0.5) is 0 Å². The Morgan fingerprint density at radius 2 is 2.33 bits per heavy atom. The average molecular weight is 206 g/mol. The lowest BCUT2D eigenvalue weighted by molar-refractivity contribution is 0.0944. The van der Waals surface area contributed by atoms with Crippen molar-refractivity contribution < 1.29 is 5.11 Å². The molecule has 0 radical (unpaired) electrons. The third kappa shape index (κ3) is 2.76. The molecular formula is C12H18N2O. The molecule has 1 fully saturated rings. The zero-order valence-electron chi connectivity index (χ0n) is 8.97. The number of aliphatic hydroxyl groups excluding tert-OH is 1. The molecule has 1 aliphatic rings. The van der Waals surface area contributed by atoms with Gasteiger partial charge in [0.2, 0.25) is 0 Å². The summed E-state index contributed by atoms with van der Waals surface area (Å²) in [5.74, 6) is 0. The molecule has 1 heterocycles. The molecule has 0 atom stereocenters. The molecule has 2 rings (SSSR count). The lowest BCUT2D eigenvalue weighted by Gasteiger charge is -2.37. The summed E-state index contributed by atoms with van der Waals surface area (Å²) >= 11 is 0. The van der Waals surface area contributed by atoms with E-state index in [2.05, 4.69) is 16.0 Å². The first-order valence-electron chi connectivity index (χ1n) is 5.64. The monoisotopic (exact) mass is 206 g/mol. The van der Waals surface area contributed by atoms with Gasteiger partial charge in [-0.05, 0) is 24.5 Å². The minimum absolute atomic E-state index is 0.247. The number of hydrogen-bond acceptors (Lipinski definition) is 3. The second-order valence-electron chi connectivity index (χ2n) is 4.14. The van der Waals surface area contributed by atoms with E-state index in [1.54, 1.807) is 6.20 Å². The molecule has 1 aromatic heterocycles. The molecule has 0 unspecified atom stereocenters. The van der Waals surface area contributed by atoms with Crippen molar-refractivity contribution in [2.75, 3.05) is 13.2 Å². The van der Waals surface area contributed by atoms with Crippen molar-refractivity contribution in [1.82, 2.24) is 9.88 Å². The minimum atomic E-state index is 0.247. The first-order valence-corrected chi connectivity index (χ1v) is 5.64. The number of aliphatic hydroxyl groups is 1. The number of nitrogens with zero attached hydrogens (tertiary/aromatic N) is 2. The fraction of sp³-hybridized carbons (Fsp3) is 0.583. The van der Waals surface area contributed by atoms with Crippen molar-refractivity contribution in [2.24, 2.45) is 0 Å². The molecule has 1 saturated carbocycles. The number of pyridine rings is 1. The zero-order valence-corrected chi connectivity index (χ0v) is 8.97. The van der Waals surface area contributed by atoms with Crippen LogP contribution in [0.25, 0.3) is 0 Å². The van der Waals surface area contributed by atoms with Crippen molar-refractivity contribution >= 4 is 0 Å². The molecule has 0 saturated heterocycles. The van der Waals surface area contributed by atoms with Crippen molar-refractivity contribution in [2.45, 2.75) is 31.8 Å². The molecule has 1 aromatic rings. The van der Waals surface area contributed by atoms with Crippen LogP contribution in [0.2, 0.25) is 0 Å². The van der Waals surface area contributed by atoms with Gasteiger partial charge in [-0.25, -0.2) is 0 Å². The van der Waals surface area contributed by atoms with Gasteiger partial charge in [-0.15, -0.1) is 0 Å². The van der Waals surface area contributed by atoms with E-state index in [1.165, 1.54) is 24.8 Å². The smallest absolute Gasteiger partial charge is 0.0558 e. The largest absolute Gasteiger partial charge is 0.395 e. The second-order valence-corrected chi connectivity index (χ2v) is 4.14. The van der Waals surface area contributed by atoms with Gasteiger partial charge in [0.15, 0.2) is 0 Å². The van der Waals surface area contributed by atoms with Crippen molar-refractivity contribution in [3.05, 3.63) is 30.1 Å². The van der Waals surface area contributed by atoms with Crippen LogP contribution < -0.4 is 0 Å². The van der Waals surface area contributed by atoms with E-state index in [0.717, 1.165) is 13.1 Å². The molecule has 1 aliphatic carbocycles. The van der Waals surface area contributed by atoms with E-state index in [4.69, 9.17) is 5.11 Å². The Labute approximate surface area is 90.8 Å². The summed E-state index contributed by atoms with van der Waals surface area (Å²) < 4.78 is 0. The average Bonchev–Trinajstić information content (AvgIpc) is 2.17. The highest BCUT2D eigenvalue weighted by molar-refractivity contribution is 5.08. The van der Waals surface area contributed by atoms with Crippen LogP contribution >= 0.6 is 0 Å². The fourth-order valence-corrected chi connectivity index (χ4v) is 2.00. The Morgan fingerprint density at radius 1 is 1.47 bits per heavy atom. The highest BCUT2D eigenvalue weighted by Crippen LogP contribution is 2.25. The van der Waals surface area contributed by atoms with Gasteiger partial charge in [0, 0.05) is 31.5 Å². The first kappa shape index (κ1) is 10.6. The van der Waals surface area contributed by atoms with Gasteiger partial charge in [-0.3, -0.25) is 9.88 Å². The van der Waals surface area contributed by atoms with Gasteiger partial charge in [-0.2, -0.15) is 0 Å². The summed E-state index contributed by atoms with van der Waals surface area (Å²) in [7, 11) is 0. The van der Waals surface area contributed by atoms with E-state index in [9.17, 15) is 0 Å². The van der Waals surface area contributed by atoms with Crippen LogP contribution in [-0.2, 0) is 6.54 Å². The van der Waals surface area contributed by atoms with Gasteiger partial charge in [0.05, 0.1) is 6.61 Å². The maximum atomic E-state index is 9.03. The molecule has 15 heavy (non-hydrogen) atoms. The topological polar surface area (TPSA) is 36.4 Å². The highest BCUT2D eigenvalue weighted by Gasteiger charge is 2.24. The van der Waals surface area contributed by atoms with Crippen molar-refractivity contribution in [3.8, 4) is 0 Å².